The number of benzene rings is 1. The molecule has 2 atom stereocenters. The van der Waals surface area contributed by atoms with Crippen molar-refractivity contribution in [3.63, 3.8) is 0 Å². The van der Waals surface area contributed by atoms with E-state index in [1.54, 1.807) is 25.4 Å². The lowest BCUT2D eigenvalue weighted by Gasteiger charge is -2.28. The topological polar surface area (TPSA) is 109 Å². The second-order valence-corrected chi connectivity index (χ2v) is 8.12. The lowest BCUT2D eigenvalue weighted by Crippen LogP contribution is -2.42. The van der Waals surface area contributed by atoms with E-state index in [9.17, 15) is 14.3 Å². The molecule has 1 fully saturated rings. The molecule has 8 nitrogen and oxygen atoms in total. The van der Waals surface area contributed by atoms with Crippen LogP contribution in [0.2, 0.25) is 0 Å². The van der Waals surface area contributed by atoms with Crippen LogP contribution in [0.5, 0.6) is 0 Å². The number of aliphatic hydroxyl groups excluding tert-OH is 1. The molecule has 1 saturated heterocycles. The number of anilines is 1. The second kappa shape index (κ2) is 9.13. The third kappa shape index (κ3) is 4.26. The van der Waals surface area contributed by atoms with Gasteiger partial charge in [0.1, 0.15) is 5.69 Å². The summed E-state index contributed by atoms with van der Waals surface area (Å²) in [5.41, 5.74) is 2.72. The van der Waals surface area contributed by atoms with Gasteiger partial charge in [-0.1, -0.05) is 19.9 Å². The Morgan fingerprint density at radius 1 is 1.28 bits per heavy atom. The van der Waals surface area contributed by atoms with Crippen molar-refractivity contribution in [3.05, 3.63) is 47.5 Å². The number of aromatic nitrogens is 3. The zero-order valence-corrected chi connectivity index (χ0v) is 18.2. The van der Waals surface area contributed by atoms with Crippen LogP contribution in [-0.2, 0) is 4.74 Å². The molecule has 0 bridgehead atoms. The molecule has 1 amide bonds. The van der Waals surface area contributed by atoms with E-state index in [2.05, 4.69) is 25.6 Å². The minimum absolute atomic E-state index is 0.0468. The van der Waals surface area contributed by atoms with Crippen molar-refractivity contribution in [2.45, 2.75) is 38.3 Å². The van der Waals surface area contributed by atoms with Gasteiger partial charge in [-0.05, 0) is 30.0 Å². The molecule has 9 heteroatoms. The average Bonchev–Trinajstić information content (AvgIpc) is 2.80. The molecule has 3 heterocycles. The molecule has 0 aliphatic carbocycles. The summed E-state index contributed by atoms with van der Waals surface area (Å²) in [6.07, 6.45) is 2.59. The van der Waals surface area contributed by atoms with Gasteiger partial charge in [-0.25, -0.2) is 14.4 Å². The van der Waals surface area contributed by atoms with E-state index < -0.39 is 11.9 Å². The first kappa shape index (κ1) is 22.0. The van der Waals surface area contributed by atoms with Crippen molar-refractivity contribution in [1.29, 1.82) is 0 Å². The highest BCUT2D eigenvalue weighted by Crippen LogP contribution is 2.32. The molecule has 4 rings (SSSR count). The van der Waals surface area contributed by atoms with Crippen LogP contribution < -0.4 is 10.6 Å². The summed E-state index contributed by atoms with van der Waals surface area (Å²) in [4.78, 5) is 25.2. The van der Waals surface area contributed by atoms with E-state index in [1.165, 1.54) is 0 Å². The highest BCUT2D eigenvalue weighted by atomic mass is 19.1. The van der Waals surface area contributed by atoms with E-state index in [-0.39, 0.29) is 36.1 Å². The van der Waals surface area contributed by atoms with Gasteiger partial charge in [0, 0.05) is 30.8 Å². The molecule has 32 heavy (non-hydrogen) atoms. The maximum atomic E-state index is 14.7. The van der Waals surface area contributed by atoms with Crippen LogP contribution in [0.15, 0.2) is 30.6 Å². The molecule has 0 unspecified atom stereocenters. The van der Waals surface area contributed by atoms with Crippen molar-refractivity contribution < 1.29 is 19.0 Å². The molecule has 1 aromatic carbocycles. The molecule has 1 aliphatic rings. The number of amides is 1. The third-order valence-corrected chi connectivity index (χ3v) is 5.62. The zero-order chi connectivity index (χ0) is 22.8. The minimum Gasteiger partial charge on any atom is -0.389 e. The molecule has 3 aromatic rings. The number of carbonyl (C=O) groups excluding carboxylic acids is 1. The number of hydrogen-bond acceptors (Lipinski definition) is 7. The van der Waals surface area contributed by atoms with Crippen molar-refractivity contribution in [1.82, 2.24) is 20.3 Å². The summed E-state index contributed by atoms with van der Waals surface area (Å²) in [5.74, 6) is -0.508. The Morgan fingerprint density at radius 3 is 2.81 bits per heavy atom. The normalized spacial score (nSPS) is 18.7. The first-order valence-electron chi connectivity index (χ1n) is 10.6. The van der Waals surface area contributed by atoms with Crippen molar-refractivity contribution in [2.75, 3.05) is 25.6 Å². The van der Waals surface area contributed by atoms with E-state index in [0.29, 0.717) is 29.7 Å². The summed E-state index contributed by atoms with van der Waals surface area (Å²) >= 11 is 0. The molecular formula is C23H26FN5O3. The standard InChI is InChI=1S/C23H26FN5O3/c1-12(2)20-14-8-13(4-5-17(14)26-9-15(20)22(31)25-3)21-16(24)10-27-23(29-21)28-18-6-7-32-11-19(18)30/h4-5,8-10,12,18-19,30H,6-7,11H2,1-3H3,(H,25,31)(H,27,28,29)/t18-,19-/m1/s1. The first-order valence-corrected chi connectivity index (χ1v) is 10.6. The number of hydrogen-bond donors (Lipinski definition) is 3. The van der Waals surface area contributed by atoms with E-state index >= 15 is 0 Å². The molecule has 0 saturated carbocycles. The van der Waals surface area contributed by atoms with Gasteiger partial charge in [0.2, 0.25) is 5.95 Å². The van der Waals surface area contributed by atoms with Gasteiger partial charge >= 0.3 is 0 Å². The Kier molecular flexibility index (Phi) is 6.29. The lowest BCUT2D eigenvalue weighted by atomic mass is 9.92. The molecule has 168 valence electrons. The van der Waals surface area contributed by atoms with Crippen LogP contribution in [-0.4, -0.2) is 58.4 Å². The lowest BCUT2D eigenvalue weighted by molar-refractivity contribution is -0.0136. The SMILES string of the molecule is CNC(=O)c1cnc2ccc(-c3nc(N[C@@H]4CCOC[C@H]4O)ncc3F)cc2c1C(C)C. The molecular weight excluding hydrogens is 413 g/mol. The zero-order valence-electron chi connectivity index (χ0n) is 18.2. The Labute approximate surface area is 185 Å². The summed E-state index contributed by atoms with van der Waals surface area (Å²) in [6.45, 7) is 4.75. The number of pyridine rings is 1. The van der Waals surface area contributed by atoms with Crippen LogP contribution in [0, 0.1) is 5.82 Å². The summed E-state index contributed by atoms with van der Waals surface area (Å²) in [7, 11) is 1.58. The number of nitrogens with zero attached hydrogens (tertiary/aromatic N) is 3. The van der Waals surface area contributed by atoms with E-state index in [0.717, 1.165) is 17.1 Å². The third-order valence-electron chi connectivity index (χ3n) is 5.62. The van der Waals surface area contributed by atoms with E-state index in [4.69, 9.17) is 4.74 Å². The smallest absolute Gasteiger partial charge is 0.252 e. The summed E-state index contributed by atoms with van der Waals surface area (Å²) in [6, 6.07) is 5.08. The number of aliphatic hydroxyl groups is 1. The molecule has 1 aliphatic heterocycles. The largest absolute Gasteiger partial charge is 0.389 e. The van der Waals surface area contributed by atoms with Crippen LogP contribution in [0.3, 0.4) is 0 Å². The summed E-state index contributed by atoms with van der Waals surface area (Å²) < 4.78 is 20.0. The monoisotopic (exact) mass is 439 g/mol. The van der Waals surface area contributed by atoms with Gasteiger partial charge < -0.3 is 20.5 Å². The molecule has 3 N–H and O–H groups in total. The van der Waals surface area contributed by atoms with Crippen LogP contribution in [0.1, 0.15) is 42.1 Å². The fourth-order valence-electron chi connectivity index (χ4n) is 3.99. The summed E-state index contributed by atoms with van der Waals surface area (Å²) in [5, 5.41) is 16.6. The predicted octanol–water partition coefficient (Wildman–Crippen LogP) is 2.88. The highest BCUT2D eigenvalue weighted by Gasteiger charge is 2.25. The Bertz CT molecular complexity index is 1150. The Morgan fingerprint density at radius 2 is 2.09 bits per heavy atom. The van der Waals surface area contributed by atoms with E-state index in [1.807, 2.05) is 19.9 Å². The second-order valence-electron chi connectivity index (χ2n) is 8.12. The van der Waals surface area contributed by atoms with Crippen molar-refractivity contribution >= 4 is 22.8 Å². The molecule has 0 spiro atoms. The first-order chi connectivity index (χ1) is 15.4. The van der Waals surface area contributed by atoms with Gasteiger partial charge in [0.05, 0.1) is 36.0 Å². The molecule has 2 aromatic heterocycles. The van der Waals surface area contributed by atoms with Gasteiger partial charge in [-0.15, -0.1) is 0 Å². The Balaban J connectivity index is 1.77. The quantitative estimate of drug-likeness (QED) is 0.561. The minimum atomic E-state index is -0.690. The fourth-order valence-corrected chi connectivity index (χ4v) is 3.99. The Hall–Kier alpha value is -3.17. The van der Waals surface area contributed by atoms with Crippen molar-refractivity contribution in [2.24, 2.45) is 0 Å². The number of halogens is 1. The maximum Gasteiger partial charge on any atom is 0.252 e. The number of fused-ring (bicyclic) bond motifs is 1. The molecule has 0 radical (unpaired) electrons. The van der Waals surface area contributed by atoms with Crippen LogP contribution >= 0.6 is 0 Å². The van der Waals surface area contributed by atoms with Crippen LogP contribution in [0.25, 0.3) is 22.2 Å². The predicted molar refractivity (Wildman–Crippen MR) is 119 cm³/mol. The van der Waals surface area contributed by atoms with Crippen molar-refractivity contribution in [3.8, 4) is 11.3 Å². The fraction of sp³-hybridized carbons (Fsp3) is 0.391. The number of rotatable bonds is 5. The number of carbonyl (C=O) groups is 1. The number of nitrogens with one attached hydrogen (secondary N) is 2. The van der Waals surface area contributed by atoms with Gasteiger partial charge in [0.25, 0.3) is 5.91 Å². The van der Waals surface area contributed by atoms with Gasteiger partial charge in [-0.3, -0.25) is 9.78 Å². The van der Waals surface area contributed by atoms with Gasteiger partial charge in [-0.2, -0.15) is 0 Å². The average molecular weight is 439 g/mol. The van der Waals surface area contributed by atoms with Gasteiger partial charge in [0.15, 0.2) is 5.82 Å². The van der Waals surface area contributed by atoms with Crippen LogP contribution in [0.4, 0.5) is 10.3 Å². The number of ether oxygens (including phenoxy) is 1. The highest BCUT2D eigenvalue weighted by molar-refractivity contribution is 6.01. The maximum absolute atomic E-state index is 14.7.